The molecular weight excluding hydrogens is 659 g/mol. The molecule has 0 unspecified atom stereocenters. The van der Waals surface area contributed by atoms with E-state index < -0.39 is 13.4 Å². The zero-order chi connectivity index (χ0) is 39.1. The summed E-state index contributed by atoms with van der Waals surface area (Å²) in [6.07, 6.45) is 0. The molecule has 0 aliphatic carbocycles. The molecule has 0 aromatic heterocycles. The maximum Gasteiger partial charge on any atom is 0.441 e. The van der Waals surface area contributed by atoms with Gasteiger partial charge >= 0.3 is 7.94 Å². The van der Waals surface area contributed by atoms with E-state index in [1.807, 2.05) is 0 Å². The second-order valence-corrected chi connectivity index (χ2v) is 21.6. The molecule has 5 rings (SSSR count). The first kappa shape index (κ1) is 39.9. The molecule has 278 valence electrons. The largest absolute Gasteiger partial charge is 0.495 e. The second kappa shape index (κ2) is 12.9. The van der Waals surface area contributed by atoms with Crippen molar-refractivity contribution in [2.45, 2.75) is 131 Å². The molecule has 52 heavy (non-hydrogen) atoms. The van der Waals surface area contributed by atoms with Crippen molar-refractivity contribution in [3.63, 3.8) is 0 Å². The molecule has 0 bridgehead atoms. The zero-order valence-corrected chi connectivity index (χ0v) is 35.4. The molecule has 5 heteroatoms. The fourth-order valence-corrected chi connectivity index (χ4v) is 8.56. The summed E-state index contributed by atoms with van der Waals surface area (Å²) in [5, 5.41) is 4.62. The van der Waals surface area contributed by atoms with E-state index in [2.05, 4.69) is 165 Å². The Labute approximate surface area is 313 Å². The van der Waals surface area contributed by atoms with Gasteiger partial charge in [-0.25, -0.2) is 0 Å². The predicted molar refractivity (Wildman–Crippen MR) is 226 cm³/mol. The number of rotatable bonds is 4. The lowest BCUT2D eigenvalue weighted by atomic mass is 9.73. The van der Waals surface area contributed by atoms with Crippen LogP contribution in [0.1, 0.15) is 132 Å². The van der Waals surface area contributed by atoms with Crippen LogP contribution in [0, 0.1) is 0 Å². The average Bonchev–Trinajstić information content (AvgIpc) is 2.99. The Morgan fingerprint density at radius 2 is 0.865 bits per heavy atom. The molecule has 5 aromatic rings. The molecule has 0 spiro atoms. The van der Waals surface area contributed by atoms with Crippen molar-refractivity contribution < 1.29 is 19.4 Å². The molecule has 0 saturated carbocycles. The molecule has 0 atom stereocenters. The third-order valence-electron chi connectivity index (χ3n) is 10.4. The highest BCUT2D eigenvalue weighted by atomic mass is 31.2. The summed E-state index contributed by atoms with van der Waals surface area (Å²) in [4.78, 5) is 34.0. The Morgan fingerprint density at radius 1 is 0.442 bits per heavy atom. The Bertz CT molecular complexity index is 2170. The van der Waals surface area contributed by atoms with Crippen LogP contribution in [0.15, 0.2) is 66.7 Å². The van der Waals surface area contributed by atoms with Crippen molar-refractivity contribution in [3.05, 3.63) is 94.5 Å². The fraction of sp³-hybridized carbons (Fsp3) is 0.447. The summed E-state index contributed by atoms with van der Waals surface area (Å²) in [5.74, 6) is 0.648. The second-order valence-electron chi connectivity index (χ2n) is 20.0. The smallest absolute Gasteiger partial charge is 0.441 e. The van der Waals surface area contributed by atoms with Crippen molar-refractivity contribution in [1.82, 2.24) is 0 Å². The standard InChI is InChI=1S/C47H62O4P/c1-43(2,3)32-19-17-28-23-34(37(45(7,8)9)25-30(28)21-32)35-27-39(52(48,49)50)41(47(13,14)15)40(42(35)51-16)36-24-29-18-20-33(44(4,5)6)22-31(29)26-38(36)46(10,11)12/h17-27,48-50H,1-16H3/q+1. The molecule has 0 radical (unpaired) electrons. The van der Waals surface area contributed by atoms with Crippen LogP contribution in [-0.2, 0) is 27.1 Å². The molecule has 4 nitrogen and oxygen atoms in total. The maximum absolute atomic E-state index is 11.3. The van der Waals surface area contributed by atoms with Gasteiger partial charge in [-0.1, -0.05) is 140 Å². The first-order valence-electron chi connectivity index (χ1n) is 18.5. The van der Waals surface area contributed by atoms with E-state index in [0.29, 0.717) is 11.3 Å². The summed E-state index contributed by atoms with van der Waals surface area (Å²) >= 11 is 0. The van der Waals surface area contributed by atoms with Gasteiger partial charge in [0, 0.05) is 22.8 Å². The van der Waals surface area contributed by atoms with E-state index in [4.69, 9.17) is 4.74 Å². The van der Waals surface area contributed by atoms with E-state index >= 15 is 0 Å². The quantitative estimate of drug-likeness (QED) is 0.162. The first-order valence-corrected chi connectivity index (χ1v) is 20.2. The van der Waals surface area contributed by atoms with Gasteiger partial charge < -0.3 is 4.74 Å². The lowest BCUT2D eigenvalue weighted by Gasteiger charge is -2.33. The van der Waals surface area contributed by atoms with Crippen LogP contribution in [0.3, 0.4) is 0 Å². The lowest BCUT2D eigenvalue weighted by Crippen LogP contribution is -2.28. The highest BCUT2D eigenvalue weighted by Gasteiger charge is 2.45. The number of benzene rings is 5. The predicted octanol–water partition coefficient (Wildman–Crippen LogP) is 12.2. The van der Waals surface area contributed by atoms with Crippen LogP contribution in [0.5, 0.6) is 5.75 Å². The van der Waals surface area contributed by atoms with Gasteiger partial charge in [-0.05, 0) is 106 Å². The monoisotopic (exact) mass is 721 g/mol. The lowest BCUT2D eigenvalue weighted by molar-refractivity contribution is 0.346. The van der Waals surface area contributed by atoms with Crippen molar-refractivity contribution in [1.29, 1.82) is 0 Å². The third kappa shape index (κ3) is 7.69. The van der Waals surface area contributed by atoms with Gasteiger partial charge in [0.25, 0.3) is 0 Å². The first-order chi connectivity index (χ1) is 23.5. The van der Waals surface area contributed by atoms with Gasteiger partial charge in [0.05, 0.1) is 7.11 Å². The van der Waals surface area contributed by atoms with Gasteiger partial charge in [0.2, 0.25) is 0 Å². The maximum atomic E-state index is 11.3. The van der Waals surface area contributed by atoms with Crippen molar-refractivity contribution >= 4 is 34.8 Å². The molecule has 3 N–H and O–H groups in total. The van der Waals surface area contributed by atoms with Crippen molar-refractivity contribution in [3.8, 4) is 28.0 Å². The number of methoxy groups -OCH3 is 1. The van der Waals surface area contributed by atoms with Gasteiger partial charge in [0.15, 0.2) is 5.30 Å². The number of hydrogen-bond donors (Lipinski definition) is 3. The summed E-state index contributed by atoms with van der Waals surface area (Å²) in [6.45, 7) is 32.8. The van der Waals surface area contributed by atoms with Crippen LogP contribution < -0.4 is 10.0 Å². The summed E-state index contributed by atoms with van der Waals surface area (Å²) < 4.78 is 6.54. The van der Waals surface area contributed by atoms with Gasteiger partial charge in [-0.15, -0.1) is 0 Å². The third-order valence-corrected chi connectivity index (χ3v) is 11.4. The summed E-state index contributed by atoms with van der Waals surface area (Å²) in [7, 11) is -2.84. The van der Waals surface area contributed by atoms with E-state index in [1.165, 1.54) is 11.1 Å². The average molecular weight is 722 g/mol. The molecule has 0 heterocycles. The Kier molecular flexibility index (Phi) is 9.94. The van der Waals surface area contributed by atoms with Gasteiger partial charge in [-0.3, -0.25) is 0 Å². The summed E-state index contributed by atoms with van der Waals surface area (Å²) in [6, 6.07) is 24.1. The zero-order valence-electron chi connectivity index (χ0n) is 34.5. The van der Waals surface area contributed by atoms with E-state index in [9.17, 15) is 14.7 Å². The van der Waals surface area contributed by atoms with Crippen molar-refractivity contribution in [2.24, 2.45) is 0 Å². The number of hydrogen-bond acceptors (Lipinski definition) is 4. The minimum absolute atomic E-state index is 0.0000909. The SMILES string of the molecule is COc1c(-c2cc3ccc(C(C)(C)C)cc3cc2C(C)(C)C)cc([P+](O)(O)O)c(C(C)(C)C)c1-c1cc2ccc(C(C)(C)C)cc2cc1C(C)(C)C. The Morgan fingerprint density at radius 3 is 1.23 bits per heavy atom. The fourth-order valence-electron chi connectivity index (χ4n) is 7.51. The van der Waals surface area contributed by atoms with Crippen LogP contribution in [-0.4, -0.2) is 21.8 Å². The van der Waals surface area contributed by atoms with E-state index in [-0.39, 0.29) is 27.0 Å². The highest BCUT2D eigenvalue weighted by Crippen LogP contribution is 2.55. The molecule has 5 aromatic carbocycles. The van der Waals surface area contributed by atoms with E-state index in [1.54, 1.807) is 13.2 Å². The molecule has 0 aliphatic heterocycles. The number of fused-ring (bicyclic) bond motifs is 2. The molecule has 0 fully saturated rings. The van der Waals surface area contributed by atoms with Crippen molar-refractivity contribution in [2.75, 3.05) is 7.11 Å². The van der Waals surface area contributed by atoms with E-state index in [0.717, 1.165) is 54.9 Å². The minimum atomic E-state index is -4.54. The van der Waals surface area contributed by atoms with Gasteiger partial charge in [0.1, 0.15) is 5.75 Å². The van der Waals surface area contributed by atoms with Gasteiger partial charge in [-0.2, -0.15) is 14.7 Å². The van der Waals surface area contributed by atoms with Crippen LogP contribution in [0.2, 0.25) is 0 Å². The number of ether oxygens (including phenoxy) is 1. The molecule has 0 amide bonds. The minimum Gasteiger partial charge on any atom is -0.495 e. The highest BCUT2D eigenvalue weighted by molar-refractivity contribution is 7.66. The Balaban J connectivity index is 2.03. The van der Waals surface area contributed by atoms with Crippen LogP contribution in [0.4, 0.5) is 0 Å². The molecule has 0 aliphatic rings. The van der Waals surface area contributed by atoms with Crippen LogP contribution in [0.25, 0.3) is 43.8 Å². The normalized spacial score (nSPS) is 13.7. The van der Waals surface area contributed by atoms with Crippen LogP contribution >= 0.6 is 7.94 Å². The molecular formula is C47H62O4P+. The Hall–Kier alpha value is -3.27. The topological polar surface area (TPSA) is 69.9 Å². The molecule has 0 saturated heterocycles. The summed E-state index contributed by atoms with van der Waals surface area (Å²) in [5.41, 5.74) is 7.63.